The van der Waals surface area contributed by atoms with Gasteiger partial charge in [0.1, 0.15) is 5.60 Å². The van der Waals surface area contributed by atoms with Gasteiger partial charge in [0.15, 0.2) is 0 Å². The van der Waals surface area contributed by atoms with Gasteiger partial charge in [-0.25, -0.2) is 4.79 Å². The van der Waals surface area contributed by atoms with E-state index in [0.717, 1.165) is 64.2 Å². The standard InChI is InChI=1S/C17H34O3/c1-5-9-13-17(12-8-4,14-10-6-2)20-16(18)19-15-11-7-3/h5-15H2,1-4H3. The Morgan fingerprint density at radius 1 is 0.800 bits per heavy atom. The Bertz CT molecular complexity index is 230. The van der Waals surface area contributed by atoms with E-state index >= 15 is 0 Å². The zero-order valence-corrected chi connectivity index (χ0v) is 14.0. The van der Waals surface area contributed by atoms with Gasteiger partial charge in [-0.15, -0.1) is 0 Å². The maximum Gasteiger partial charge on any atom is 0.508 e. The molecule has 0 aromatic rings. The molecule has 0 aliphatic rings. The highest BCUT2D eigenvalue weighted by molar-refractivity contribution is 5.60. The van der Waals surface area contributed by atoms with E-state index in [9.17, 15) is 4.79 Å². The summed E-state index contributed by atoms with van der Waals surface area (Å²) < 4.78 is 11.0. The fraction of sp³-hybridized carbons (Fsp3) is 0.941. The molecule has 0 aromatic carbocycles. The third kappa shape index (κ3) is 8.44. The smallest absolute Gasteiger partial charge is 0.434 e. The van der Waals surface area contributed by atoms with E-state index in [0.29, 0.717) is 6.61 Å². The molecule has 0 saturated carbocycles. The van der Waals surface area contributed by atoms with Gasteiger partial charge in [0, 0.05) is 0 Å². The summed E-state index contributed by atoms with van der Waals surface area (Å²) in [7, 11) is 0. The Balaban J connectivity index is 4.55. The van der Waals surface area contributed by atoms with Gasteiger partial charge in [0.2, 0.25) is 0 Å². The molecular weight excluding hydrogens is 252 g/mol. The summed E-state index contributed by atoms with van der Waals surface area (Å²) in [5, 5.41) is 0. The summed E-state index contributed by atoms with van der Waals surface area (Å²) in [5.41, 5.74) is -0.302. The third-order valence-corrected chi connectivity index (χ3v) is 3.70. The molecule has 0 aliphatic heterocycles. The Kier molecular flexibility index (Phi) is 11.6. The molecule has 0 rings (SSSR count). The van der Waals surface area contributed by atoms with Gasteiger partial charge in [-0.3, -0.25) is 0 Å². The van der Waals surface area contributed by atoms with Crippen molar-refractivity contribution in [2.75, 3.05) is 6.61 Å². The lowest BCUT2D eigenvalue weighted by molar-refractivity contribution is -0.0523. The first-order chi connectivity index (χ1) is 9.64. The topological polar surface area (TPSA) is 35.5 Å². The predicted molar refractivity (Wildman–Crippen MR) is 84.0 cm³/mol. The van der Waals surface area contributed by atoms with Gasteiger partial charge < -0.3 is 9.47 Å². The minimum Gasteiger partial charge on any atom is -0.434 e. The van der Waals surface area contributed by atoms with Crippen LogP contribution in [-0.2, 0) is 9.47 Å². The fourth-order valence-electron chi connectivity index (χ4n) is 2.49. The number of rotatable bonds is 12. The average molecular weight is 286 g/mol. The Morgan fingerprint density at radius 3 is 1.80 bits per heavy atom. The van der Waals surface area contributed by atoms with Crippen LogP contribution in [0.15, 0.2) is 0 Å². The van der Waals surface area contributed by atoms with Crippen LogP contribution in [0, 0.1) is 0 Å². The number of carbonyl (C=O) groups excluding carboxylic acids is 1. The van der Waals surface area contributed by atoms with Crippen LogP contribution in [-0.4, -0.2) is 18.4 Å². The van der Waals surface area contributed by atoms with Crippen molar-refractivity contribution < 1.29 is 14.3 Å². The first-order valence-electron chi connectivity index (χ1n) is 8.49. The summed E-state index contributed by atoms with van der Waals surface area (Å²) in [5.74, 6) is 0. The second-order valence-electron chi connectivity index (χ2n) is 5.69. The van der Waals surface area contributed by atoms with Gasteiger partial charge in [-0.05, 0) is 38.5 Å². The van der Waals surface area contributed by atoms with E-state index in [2.05, 4.69) is 27.7 Å². The monoisotopic (exact) mass is 286 g/mol. The highest BCUT2D eigenvalue weighted by Gasteiger charge is 2.33. The molecule has 0 amide bonds. The van der Waals surface area contributed by atoms with Gasteiger partial charge >= 0.3 is 6.16 Å². The van der Waals surface area contributed by atoms with Crippen molar-refractivity contribution in [1.82, 2.24) is 0 Å². The lowest BCUT2D eigenvalue weighted by Gasteiger charge is -2.33. The van der Waals surface area contributed by atoms with Crippen LogP contribution < -0.4 is 0 Å². The lowest BCUT2D eigenvalue weighted by Crippen LogP contribution is -2.35. The normalized spacial score (nSPS) is 11.4. The van der Waals surface area contributed by atoms with E-state index in [4.69, 9.17) is 9.47 Å². The van der Waals surface area contributed by atoms with Crippen molar-refractivity contribution in [1.29, 1.82) is 0 Å². The van der Waals surface area contributed by atoms with Crippen LogP contribution in [0.2, 0.25) is 0 Å². The van der Waals surface area contributed by atoms with Crippen LogP contribution in [0.25, 0.3) is 0 Å². The van der Waals surface area contributed by atoms with E-state index in [1.807, 2.05) is 0 Å². The molecule has 3 heteroatoms. The van der Waals surface area contributed by atoms with Crippen molar-refractivity contribution >= 4 is 6.16 Å². The molecule has 0 radical (unpaired) electrons. The number of hydrogen-bond donors (Lipinski definition) is 0. The van der Waals surface area contributed by atoms with Crippen LogP contribution in [0.4, 0.5) is 4.79 Å². The minimum atomic E-state index is -0.473. The Morgan fingerprint density at radius 2 is 1.35 bits per heavy atom. The zero-order valence-electron chi connectivity index (χ0n) is 14.0. The summed E-state index contributed by atoms with van der Waals surface area (Å²) >= 11 is 0. The van der Waals surface area contributed by atoms with Gasteiger partial charge in [-0.2, -0.15) is 0 Å². The summed E-state index contributed by atoms with van der Waals surface area (Å²) in [6.45, 7) is 9.06. The van der Waals surface area contributed by atoms with E-state index in [1.54, 1.807) is 0 Å². The molecule has 20 heavy (non-hydrogen) atoms. The maximum atomic E-state index is 11.9. The number of unbranched alkanes of at least 4 members (excludes halogenated alkanes) is 3. The van der Waals surface area contributed by atoms with Crippen LogP contribution in [0.5, 0.6) is 0 Å². The summed E-state index contributed by atoms with van der Waals surface area (Å²) in [6.07, 6.45) is 9.82. The van der Waals surface area contributed by atoms with Crippen molar-refractivity contribution in [2.45, 2.75) is 97.5 Å². The second-order valence-corrected chi connectivity index (χ2v) is 5.69. The van der Waals surface area contributed by atoms with Gasteiger partial charge in [0.25, 0.3) is 0 Å². The van der Waals surface area contributed by atoms with Crippen molar-refractivity contribution in [3.63, 3.8) is 0 Å². The van der Waals surface area contributed by atoms with Gasteiger partial charge in [0.05, 0.1) is 6.61 Å². The molecule has 120 valence electrons. The molecular formula is C17H34O3. The van der Waals surface area contributed by atoms with Crippen molar-refractivity contribution in [3.8, 4) is 0 Å². The third-order valence-electron chi connectivity index (χ3n) is 3.70. The van der Waals surface area contributed by atoms with Gasteiger partial charge in [-0.1, -0.05) is 53.4 Å². The van der Waals surface area contributed by atoms with E-state index in [-0.39, 0.29) is 5.60 Å². The Hall–Kier alpha value is -0.730. The maximum absolute atomic E-state index is 11.9. The molecule has 0 fully saturated rings. The summed E-state index contributed by atoms with van der Waals surface area (Å²) in [4.78, 5) is 11.9. The molecule has 0 bridgehead atoms. The molecule has 3 nitrogen and oxygen atoms in total. The Labute approximate surface area is 125 Å². The van der Waals surface area contributed by atoms with Crippen molar-refractivity contribution in [2.24, 2.45) is 0 Å². The molecule has 0 atom stereocenters. The SMILES string of the molecule is CCCCOC(=O)OC(CCC)(CCCC)CCCC. The highest BCUT2D eigenvalue weighted by atomic mass is 16.7. The fourth-order valence-corrected chi connectivity index (χ4v) is 2.49. The molecule has 0 saturated heterocycles. The van der Waals surface area contributed by atoms with Crippen LogP contribution in [0.3, 0.4) is 0 Å². The predicted octanol–water partition coefficient (Wildman–Crippen LogP) is 5.86. The first kappa shape index (κ1) is 19.3. The molecule has 0 spiro atoms. The van der Waals surface area contributed by atoms with E-state index < -0.39 is 6.16 Å². The molecule has 0 aliphatic carbocycles. The van der Waals surface area contributed by atoms with Crippen LogP contribution in [0.1, 0.15) is 91.9 Å². The average Bonchev–Trinajstić information content (AvgIpc) is 2.43. The first-order valence-corrected chi connectivity index (χ1v) is 8.49. The quantitative estimate of drug-likeness (QED) is 0.333. The van der Waals surface area contributed by atoms with Crippen molar-refractivity contribution in [3.05, 3.63) is 0 Å². The minimum absolute atomic E-state index is 0.302. The molecule has 0 heterocycles. The number of carbonyl (C=O) groups is 1. The summed E-state index contributed by atoms with van der Waals surface area (Å²) in [6, 6.07) is 0. The molecule has 0 unspecified atom stereocenters. The van der Waals surface area contributed by atoms with E-state index in [1.165, 1.54) is 0 Å². The second kappa shape index (κ2) is 12.0. The lowest BCUT2D eigenvalue weighted by atomic mass is 9.86. The zero-order chi connectivity index (χ0) is 15.3. The largest absolute Gasteiger partial charge is 0.508 e. The van der Waals surface area contributed by atoms with Crippen LogP contribution >= 0.6 is 0 Å². The molecule has 0 aromatic heterocycles. The molecule has 0 N–H and O–H groups in total. The number of ether oxygens (including phenoxy) is 2. The highest BCUT2D eigenvalue weighted by Crippen LogP contribution is 2.31. The number of hydrogen-bond acceptors (Lipinski definition) is 3.